The molecule has 4 aliphatic heterocycles. The van der Waals surface area contributed by atoms with Gasteiger partial charge in [0.2, 0.25) is 0 Å². The van der Waals surface area contributed by atoms with E-state index in [1.54, 1.807) is 18.1 Å². The van der Waals surface area contributed by atoms with Gasteiger partial charge in [-0.1, -0.05) is 0 Å². The van der Waals surface area contributed by atoms with Crippen molar-refractivity contribution in [3.05, 3.63) is 47.2 Å². The highest BCUT2D eigenvalue weighted by Gasteiger charge is 2.38. The van der Waals surface area contributed by atoms with Crippen molar-refractivity contribution in [3.8, 4) is 0 Å². The van der Waals surface area contributed by atoms with Gasteiger partial charge in [-0.05, 0) is 50.8 Å². The molecule has 32 heavy (non-hydrogen) atoms. The Kier molecular flexibility index (Phi) is 7.07. The van der Waals surface area contributed by atoms with Gasteiger partial charge >= 0.3 is 6.09 Å². The monoisotopic (exact) mass is 462 g/mol. The molecule has 0 radical (unpaired) electrons. The van der Waals surface area contributed by atoms with Crippen LogP contribution in [0.4, 0.5) is 4.79 Å². The first kappa shape index (κ1) is 22.7. The number of rotatable bonds is 6. The maximum atomic E-state index is 12.2. The van der Waals surface area contributed by atoms with E-state index >= 15 is 0 Å². The molecule has 4 rings (SSSR count). The van der Waals surface area contributed by atoms with Gasteiger partial charge in [0.25, 0.3) is 0 Å². The molecule has 1 saturated heterocycles. The highest BCUT2D eigenvalue weighted by Crippen LogP contribution is 2.36. The van der Waals surface area contributed by atoms with Crippen LogP contribution in [0.1, 0.15) is 19.8 Å². The van der Waals surface area contributed by atoms with Crippen LogP contribution in [0, 0.1) is 5.92 Å². The van der Waals surface area contributed by atoms with Gasteiger partial charge in [0, 0.05) is 56.0 Å². The summed E-state index contributed by atoms with van der Waals surface area (Å²) in [5, 5.41) is 11.6. The zero-order chi connectivity index (χ0) is 22.7. The van der Waals surface area contributed by atoms with Crippen LogP contribution >= 0.6 is 11.9 Å². The van der Waals surface area contributed by atoms with Crippen molar-refractivity contribution in [2.75, 3.05) is 33.3 Å². The summed E-state index contributed by atoms with van der Waals surface area (Å²) in [6.45, 7) is 4.13. The molecule has 4 atom stereocenters. The largest absolute Gasteiger partial charge is 0.450 e. The number of hydrogen-bond donors (Lipinski definition) is 5. The minimum Gasteiger partial charge on any atom is -0.450 e. The SMILES string of the molecule is CCOC(=O)N1CCCC(C2C=C(NC3NC=CN4C(/C(=C/N)CN)=CNC34)SN2C)C1. The average molecular weight is 463 g/mol. The number of hydrogen-bond acceptors (Lipinski definition) is 10. The Morgan fingerprint density at radius 1 is 1.44 bits per heavy atom. The van der Waals surface area contributed by atoms with Gasteiger partial charge in [0.1, 0.15) is 12.3 Å². The Hall–Kier alpha value is -2.50. The molecule has 0 aromatic heterocycles. The molecule has 0 bridgehead atoms. The van der Waals surface area contributed by atoms with Gasteiger partial charge in [-0.15, -0.1) is 0 Å². The van der Waals surface area contributed by atoms with Crippen LogP contribution < -0.4 is 27.4 Å². The lowest BCUT2D eigenvalue weighted by Crippen LogP contribution is -2.58. The van der Waals surface area contributed by atoms with Crippen LogP contribution in [-0.4, -0.2) is 71.9 Å². The van der Waals surface area contributed by atoms with E-state index in [0.29, 0.717) is 19.1 Å². The minimum atomic E-state index is -0.204. The van der Waals surface area contributed by atoms with Crippen molar-refractivity contribution >= 4 is 18.0 Å². The molecule has 176 valence electrons. The summed E-state index contributed by atoms with van der Waals surface area (Å²) in [5.74, 6) is 0.375. The second-order valence-corrected chi connectivity index (χ2v) is 9.45. The number of amides is 1. The summed E-state index contributed by atoms with van der Waals surface area (Å²) >= 11 is 1.70. The number of likely N-dealkylation sites (tertiary alicyclic amines) is 1. The number of nitrogens with two attached hydrogens (primary N) is 2. The van der Waals surface area contributed by atoms with Gasteiger partial charge in [-0.25, -0.2) is 9.10 Å². The van der Waals surface area contributed by atoms with Crippen LogP contribution in [-0.2, 0) is 4.74 Å². The Morgan fingerprint density at radius 3 is 3.03 bits per heavy atom. The maximum absolute atomic E-state index is 12.2. The van der Waals surface area contributed by atoms with Crippen LogP contribution in [0.25, 0.3) is 0 Å². The minimum absolute atomic E-state index is 0.00339. The van der Waals surface area contributed by atoms with Crippen molar-refractivity contribution in [3.63, 3.8) is 0 Å². The maximum Gasteiger partial charge on any atom is 0.409 e. The van der Waals surface area contributed by atoms with Gasteiger partial charge in [0.05, 0.1) is 17.3 Å². The van der Waals surface area contributed by atoms with Crippen LogP contribution in [0.15, 0.2) is 47.2 Å². The first-order chi connectivity index (χ1) is 15.5. The third kappa shape index (κ3) is 4.50. The molecule has 0 spiro atoms. The first-order valence-electron chi connectivity index (χ1n) is 11.1. The van der Waals surface area contributed by atoms with Gasteiger partial charge < -0.3 is 42.0 Å². The zero-order valence-corrected chi connectivity index (χ0v) is 19.5. The summed E-state index contributed by atoms with van der Waals surface area (Å²) in [6.07, 6.45) is 11.6. The summed E-state index contributed by atoms with van der Waals surface area (Å²) in [4.78, 5) is 16.2. The molecule has 10 nitrogen and oxygen atoms in total. The Bertz CT molecular complexity index is 829. The van der Waals surface area contributed by atoms with Crippen molar-refractivity contribution in [1.29, 1.82) is 0 Å². The van der Waals surface area contributed by atoms with E-state index in [4.69, 9.17) is 16.2 Å². The molecule has 0 aliphatic carbocycles. The van der Waals surface area contributed by atoms with E-state index in [9.17, 15) is 4.79 Å². The molecule has 7 N–H and O–H groups in total. The van der Waals surface area contributed by atoms with E-state index in [0.717, 1.165) is 42.2 Å². The molecule has 0 saturated carbocycles. The Morgan fingerprint density at radius 2 is 2.28 bits per heavy atom. The fraction of sp³-hybridized carbons (Fsp3) is 0.571. The third-order valence-corrected chi connectivity index (χ3v) is 7.28. The molecule has 11 heteroatoms. The van der Waals surface area contributed by atoms with Crippen molar-refractivity contribution < 1.29 is 9.53 Å². The molecule has 0 aromatic carbocycles. The van der Waals surface area contributed by atoms with Gasteiger partial charge in [-0.3, -0.25) is 0 Å². The number of fused-ring (bicyclic) bond motifs is 1. The molecule has 1 amide bonds. The smallest absolute Gasteiger partial charge is 0.409 e. The van der Waals surface area contributed by atoms with Crippen LogP contribution in [0.5, 0.6) is 0 Å². The summed E-state index contributed by atoms with van der Waals surface area (Å²) in [7, 11) is 2.11. The summed E-state index contributed by atoms with van der Waals surface area (Å²) < 4.78 is 7.48. The topological polar surface area (TPSA) is 124 Å². The number of piperidine rings is 1. The Labute approximate surface area is 193 Å². The van der Waals surface area contributed by atoms with Crippen LogP contribution in [0.2, 0.25) is 0 Å². The lowest BCUT2D eigenvalue weighted by Gasteiger charge is -2.37. The van der Waals surface area contributed by atoms with E-state index in [1.807, 2.05) is 30.4 Å². The number of nitrogens with one attached hydrogen (secondary N) is 3. The number of carbonyl (C=O) groups is 1. The van der Waals surface area contributed by atoms with E-state index in [2.05, 4.69) is 38.3 Å². The van der Waals surface area contributed by atoms with E-state index in [1.165, 1.54) is 0 Å². The Balaban J connectivity index is 1.40. The standard InChI is InChI=1S/C21H34N8O2S/c1-3-31-21(30)28-7-4-5-14(13-28)16-9-18(32-27(16)2)26-19-20-25-12-17(15(10-22)11-23)29(20)8-6-24-19/h6,8-10,12,14,16,19-20,24-26H,3-5,7,11,13,22-23H2,1-2H3/b15-10+. The van der Waals surface area contributed by atoms with Gasteiger partial charge in [0.15, 0.2) is 0 Å². The van der Waals surface area contributed by atoms with E-state index < -0.39 is 0 Å². The number of carbonyl (C=O) groups excluding carboxylic acids is 1. The molecule has 4 aliphatic rings. The number of nitrogens with zero attached hydrogens (tertiary/aromatic N) is 3. The summed E-state index contributed by atoms with van der Waals surface area (Å²) in [5.41, 5.74) is 13.5. The molecule has 1 fully saturated rings. The van der Waals surface area contributed by atoms with Crippen LogP contribution in [0.3, 0.4) is 0 Å². The fourth-order valence-corrected chi connectivity index (χ4v) is 5.74. The predicted octanol–water partition coefficient (Wildman–Crippen LogP) is 0.523. The van der Waals surface area contributed by atoms with Gasteiger partial charge in [-0.2, -0.15) is 0 Å². The average Bonchev–Trinajstić information content (AvgIpc) is 3.39. The molecule has 0 aromatic rings. The fourth-order valence-electron chi connectivity index (χ4n) is 4.69. The normalized spacial score (nSPS) is 30.3. The van der Waals surface area contributed by atoms with E-state index in [-0.39, 0.29) is 24.5 Å². The lowest BCUT2D eigenvalue weighted by atomic mass is 9.91. The highest BCUT2D eigenvalue weighted by molar-refractivity contribution is 8.01. The molecule has 4 unspecified atom stereocenters. The lowest BCUT2D eigenvalue weighted by molar-refractivity contribution is 0.0819. The van der Waals surface area contributed by atoms with Crippen molar-refractivity contribution in [2.45, 2.75) is 38.1 Å². The molecule has 4 heterocycles. The molecular formula is C21H34N8O2S. The number of ether oxygens (including phenoxy) is 1. The second kappa shape index (κ2) is 9.97. The van der Waals surface area contributed by atoms with Crippen molar-refractivity contribution in [2.24, 2.45) is 17.4 Å². The highest BCUT2D eigenvalue weighted by atomic mass is 32.2. The quantitative estimate of drug-likeness (QED) is 0.357. The summed E-state index contributed by atoms with van der Waals surface area (Å²) in [6, 6.07) is 0.254. The van der Waals surface area contributed by atoms with Crippen molar-refractivity contribution in [1.82, 2.24) is 30.1 Å². The third-order valence-electron chi connectivity index (χ3n) is 6.29. The predicted molar refractivity (Wildman–Crippen MR) is 126 cm³/mol. The zero-order valence-electron chi connectivity index (χ0n) is 18.7. The first-order valence-corrected chi connectivity index (χ1v) is 11.9. The second-order valence-electron chi connectivity index (χ2n) is 8.26. The molecular weight excluding hydrogens is 428 g/mol. The number of likely N-dealkylation sites (N-methyl/N-ethyl adjacent to an activating group) is 1.